The van der Waals surface area contributed by atoms with Gasteiger partial charge in [0.25, 0.3) is 5.69 Å². The average Bonchev–Trinajstić information content (AvgIpc) is 2.46. The summed E-state index contributed by atoms with van der Waals surface area (Å²) in [6.07, 6.45) is 7.40. The molecule has 1 aliphatic rings. The zero-order valence-electron chi connectivity index (χ0n) is 11.8. The SMILES string of the molecule is CCC(Nc1ccc(I)cc1[N+](=O)[O-])C1CCCCC1. The molecular formula is C15H21IN2O2. The van der Waals surface area contributed by atoms with Gasteiger partial charge in [-0.1, -0.05) is 26.2 Å². The van der Waals surface area contributed by atoms with Crippen LogP contribution >= 0.6 is 22.6 Å². The first-order valence-electron chi connectivity index (χ1n) is 7.32. The first-order valence-corrected chi connectivity index (χ1v) is 8.40. The maximum Gasteiger partial charge on any atom is 0.293 e. The van der Waals surface area contributed by atoms with Crippen LogP contribution in [0.15, 0.2) is 18.2 Å². The van der Waals surface area contributed by atoms with E-state index in [-0.39, 0.29) is 10.6 Å². The molecule has 5 heteroatoms. The number of hydrogen-bond donors (Lipinski definition) is 1. The molecule has 0 amide bonds. The van der Waals surface area contributed by atoms with Crippen molar-refractivity contribution in [3.8, 4) is 0 Å². The maximum atomic E-state index is 11.2. The molecule has 2 rings (SSSR count). The molecule has 20 heavy (non-hydrogen) atoms. The zero-order valence-corrected chi connectivity index (χ0v) is 13.9. The smallest absolute Gasteiger partial charge is 0.293 e. The van der Waals surface area contributed by atoms with Crippen LogP contribution in [0.25, 0.3) is 0 Å². The summed E-state index contributed by atoms with van der Waals surface area (Å²) in [6.45, 7) is 2.16. The molecule has 0 aromatic heterocycles. The summed E-state index contributed by atoms with van der Waals surface area (Å²) in [5.41, 5.74) is 0.846. The minimum atomic E-state index is -0.294. The molecule has 0 heterocycles. The van der Waals surface area contributed by atoms with E-state index in [2.05, 4.69) is 34.8 Å². The highest BCUT2D eigenvalue weighted by Crippen LogP contribution is 2.32. The molecule has 1 aliphatic carbocycles. The van der Waals surface area contributed by atoms with Crippen LogP contribution in [-0.4, -0.2) is 11.0 Å². The fraction of sp³-hybridized carbons (Fsp3) is 0.600. The molecule has 0 saturated heterocycles. The molecule has 110 valence electrons. The molecule has 1 N–H and O–H groups in total. The largest absolute Gasteiger partial charge is 0.376 e. The Morgan fingerprint density at radius 2 is 2.10 bits per heavy atom. The summed E-state index contributed by atoms with van der Waals surface area (Å²) in [6, 6.07) is 5.74. The van der Waals surface area contributed by atoms with Crippen LogP contribution in [0.3, 0.4) is 0 Å². The number of nitro benzene ring substituents is 1. The average molecular weight is 388 g/mol. The van der Waals surface area contributed by atoms with E-state index in [0.29, 0.717) is 17.6 Å². The van der Waals surface area contributed by atoms with Crippen molar-refractivity contribution in [2.75, 3.05) is 5.32 Å². The Morgan fingerprint density at radius 3 is 2.70 bits per heavy atom. The van der Waals surface area contributed by atoms with Gasteiger partial charge in [0.15, 0.2) is 0 Å². The molecule has 0 bridgehead atoms. The van der Waals surface area contributed by atoms with Crippen molar-refractivity contribution in [1.82, 2.24) is 0 Å². The predicted octanol–water partition coefficient (Wildman–Crippen LogP) is 4.97. The van der Waals surface area contributed by atoms with E-state index in [0.717, 1.165) is 9.99 Å². The van der Waals surface area contributed by atoms with Crippen LogP contribution in [0, 0.1) is 19.6 Å². The van der Waals surface area contributed by atoms with Gasteiger partial charge in [0, 0.05) is 15.7 Å². The minimum absolute atomic E-state index is 0.186. The van der Waals surface area contributed by atoms with Gasteiger partial charge in [-0.15, -0.1) is 0 Å². The minimum Gasteiger partial charge on any atom is -0.376 e. The number of rotatable bonds is 5. The molecular weight excluding hydrogens is 367 g/mol. The molecule has 0 spiro atoms. The van der Waals surface area contributed by atoms with E-state index >= 15 is 0 Å². The molecule has 0 radical (unpaired) electrons. The second-order valence-electron chi connectivity index (χ2n) is 5.48. The number of hydrogen-bond acceptors (Lipinski definition) is 3. The fourth-order valence-electron chi connectivity index (χ4n) is 3.07. The van der Waals surface area contributed by atoms with Gasteiger partial charge in [0.2, 0.25) is 0 Å². The first kappa shape index (κ1) is 15.5. The molecule has 1 aromatic rings. The highest BCUT2D eigenvalue weighted by Gasteiger charge is 2.24. The third kappa shape index (κ3) is 3.84. The Balaban J connectivity index is 2.16. The van der Waals surface area contributed by atoms with Crippen molar-refractivity contribution in [1.29, 1.82) is 0 Å². The number of benzene rings is 1. The van der Waals surface area contributed by atoms with Crippen LogP contribution < -0.4 is 5.32 Å². The lowest BCUT2D eigenvalue weighted by molar-refractivity contribution is -0.384. The van der Waals surface area contributed by atoms with E-state index in [9.17, 15) is 10.1 Å². The lowest BCUT2D eigenvalue weighted by atomic mass is 9.83. The summed E-state index contributed by atoms with van der Waals surface area (Å²) < 4.78 is 0.894. The molecule has 1 aromatic carbocycles. The Labute approximate surface area is 133 Å². The topological polar surface area (TPSA) is 55.2 Å². The maximum absolute atomic E-state index is 11.2. The zero-order chi connectivity index (χ0) is 14.5. The van der Waals surface area contributed by atoms with E-state index in [1.165, 1.54) is 32.1 Å². The van der Waals surface area contributed by atoms with Gasteiger partial charge in [-0.2, -0.15) is 0 Å². The molecule has 0 aliphatic heterocycles. The van der Waals surface area contributed by atoms with Crippen LogP contribution in [0.4, 0.5) is 11.4 Å². The third-order valence-electron chi connectivity index (χ3n) is 4.16. The van der Waals surface area contributed by atoms with Crippen LogP contribution in [0.5, 0.6) is 0 Å². The molecule has 1 unspecified atom stereocenters. The van der Waals surface area contributed by atoms with E-state index in [1.54, 1.807) is 6.07 Å². The van der Waals surface area contributed by atoms with Crippen molar-refractivity contribution < 1.29 is 4.92 Å². The Kier molecular flexibility index (Phi) is 5.63. The van der Waals surface area contributed by atoms with Crippen LogP contribution in [0.1, 0.15) is 45.4 Å². The van der Waals surface area contributed by atoms with Crippen LogP contribution in [0.2, 0.25) is 0 Å². The molecule has 1 atom stereocenters. The highest BCUT2D eigenvalue weighted by atomic mass is 127. The Morgan fingerprint density at radius 1 is 1.40 bits per heavy atom. The predicted molar refractivity (Wildman–Crippen MR) is 90.1 cm³/mol. The summed E-state index contributed by atoms with van der Waals surface area (Å²) >= 11 is 2.11. The van der Waals surface area contributed by atoms with Gasteiger partial charge in [-0.05, 0) is 59.9 Å². The number of halogens is 1. The van der Waals surface area contributed by atoms with E-state index in [4.69, 9.17) is 0 Å². The number of anilines is 1. The second kappa shape index (κ2) is 7.24. The summed E-state index contributed by atoms with van der Waals surface area (Å²) in [5, 5.41) is 14.6. The highest BCUT2D eigenvalue weighted by molar-refractivity contribution is 14.1. The van der Waals surface area contributed by atoms with Gasteiger partial charge in [-0.25, -0.2) is 0 Å². The van der Waals surface area contributed by atoms with Crippen molar-refractivity contribution in [3.63, 3.8) is 0 Å². The third-order valence-corrected chi connectivity index (χ3v) is 4.83. The number of nitrogens with zero attached hydrogens (tertiary/aromatic N) is 1. The van der Waals surface area contributed by atoms with Crippen molar-refractivity contribution in [2.24, 2.45) is 5.92 Å². The Bertz CT molecular complexity index is 473. The fourth-order valence-corrected chi connectivity index (χ4v) is 3.54. The molecule has 4 nitrogen and oxygen atoms in total. The van der Waals surface area contributed by atoms with E-state index < -0.39 is 0 Å². The van der Waals surface area contributed by atoms with Gasteiger partial charge in [0.05, 0.1) is 4.92 Å². The van der Waals surface area contributed by atoms with Crippen molar-refractivity contribution >= 4 is 34.0 Å². The normalized spacial score (nSPS) is 17.7. The first-order chi connectivity index (χ1) is 9.61. The number of nitro groups is 1. The summed E-state index contributed by atoms with van der Waals surface area (Å²) in [7, 11) is 0. The van der Waals surface area contributed by atoms with Crippen molar-refractivity contribution in [3.05, 3.63) is 31.9 Å². The van der Waals surface area contributed by atoms with Crippen molar-refractivity contribution in [2.45, 2.75) is 51.5 Å². The van der Waals surface area contributed by atoms with Gasteiger partial charge >= 0.3 is 0 Å². The second-order valence-corrected chi connectivity index (χ2v) is 6.72. The Hall–Kier alpha value is -0.850. The standard InChI is InChI=1S/C15H21IN2O2/c1-2-13(11-6-4-3-5-7-11)17-14-9-8-12(16)10-15(14)18(19)20/h8-11,13,17H,2-7H2,1H3. The lowest BCUT2D eigenvalue weighted by Gasteiger charge is -2.30. The van der Waals surface area contributed by atoms with E-state index in [1.807, 2.05) is 12.1 Å². The quantitative estimate of drug-likeness (QED) is 0.440. The summed E-state index contributed by atoms with van der Waals surface area (Å²) in [4.78, 5) is 10.9. The molecule has 1 saturated carbocycles. The molecule has 1 fully saturated rings. The van der Waals surface area contributed by atoms with Gasteiger partial charge in [0.1, 0.15) is 5.69 Å². The lowest BCUT2D eigenvalue weighted by Crippen LogP contribution is -2.30. The summed E-state index contributed by atoms with van der Waals surface area (Å²) in [5.74, 6) is 0.646. The number of nitrogens with one attached hydrogen (secondary N) is 1. The monoisotopic (exact) mass is 388 g/mol. The van der Waals surface area contributed by atoms with Gasteiger partial charge < -0.3 is 5.32 Å². The van der Waals surface area contributed by atoms with Gasteiger partial charge in [-0.3, -0.25) is 10.1 Å². The van der Waals surface area contributed by atoms with Crippen LogP contribution in [-0.2, 0) is 0 Å².